The summed E-state index contributed by atoms with van der Waals surface area (Å²) in [5.74, 6) is 1.75. The molecule has 106 valence electrons. The molecule has 0 atom stereocenters. The Labute approximate surface area is 120 Å². The predicted octanol–water partition coefficient (Wildman–Crippen LogP) is 2.94. The number of hydrogen-bond acceptors (Lipinski definition) is 4. The monoisotopic (exact) mass is 282 g/mol. The third kappa shape index (κ3) is 4.13. The Morgan fingerprint density at radius 2 is 2.11 bits per heavy atom. The second kappa shape index (κ2) is 7.17. The Morgan fingerprint density at radius 3 is 2.79 bits per heavy atom. The van der Waals surface area contributed by atoms with E-state index in [4.69, 9.17) is 14.2 Å². The Balaban J connectivity index is 1.94. The molecule has 1 aromatic carbocycles. The maximum absolute atomic E-state index is 5.97. The number of rotatable bonds is 6. The first kappa shape index (κ1) is 14.7. The van der Waals surface area contributed by atoms with Gasteiger partial charge >= 0.3 is 0 Å². The molecule has 3 nitrogen and oxygen atoms in total. The highest BCUT2D eigenvalue weighted by Crippen LogP contribution is 2.32. The van der Waals surface area contributed by atoms with E-state index in [0.29, 0.717) is 13.2 Å². The van der Waals surface area contributed by atoms with Crippen LogP contribution in [0.15, 0.2) is 24.3 Å². The first-order valence-corrected chi connectivity index (χ1v) is 7.30. The SMILES string of the molecule is COCc1cccc(OCC2(CS)CCOCC2)c1. The summed E-state index contributed by atoms with van der Waals surface area (Å²) < 4.78 is 16.5. The van der Waals surface area contributed by atoms with Crippen molar-refractivity contribution in [2.45, 2.75) is 19.4 Å². The van der Waals surface area contributed by atoms with Gasteiger partial charge in [0.15, 0.2) is 0 Å². The molecule has 1 aromatic rings. The van der Waals surface area contributed by atoms with Crippen molar-refractivity contribution in [1.29, 1.82) is 0 Å². The molecule has 1 saturated heterocycles. The van der Waals surface area contributed by atoms with Crippen molar-refractivity contribution in [3.05, 3.63) is 29.8 Å². The number of ether oxygens (including phenoxy) is 3. The fourth-order valence-electron chi connectivity index (χ4n) is 2.28. The first-order valence-electron chi connectivity index (χ1n) is 6.67. The molecule has 0 saturated carbocycles. The summed E-state index contributed by atoms with van der Waals surface area (Å²) in [7, 11) is 1.70. The van der Waals surface area contributed by atoms with Crippen LogP contribution in [0.1, 0.15) is 18.4 Å². The van der Waals surface area contributed by atoms with Gasteiger partial charge in [0.2, 0.25) is 0 Å². The topological polar surface area (TPSA) is 27.7 Å². The molecule has 1 fully saturated rings. The van der Waals surface area contributed by atoms with Crippen molar-refractivity contribution in [1.82, 2.24) is 0 Å². The van der Waals surface area contributed by atoms with E-state index < -0.39 is 0 Å². The van der Waals surface area contributed by atoms with E-state index in [0.717, 1.165) is 43.1 Å². The van der Waals surface area contributed by atoms with Gasteiger partial charge in [-0.15, -0.1) is 0 Å². The van der Waals surface area contributed by atoms with Crippen LogP contribution in [0.2, 0.25) is 0 Å². The van der Waals surface area contributed by atoms with Gasteiger partial charge in [0, 0.05) is 25.7 Å². The number of benzene rings is 1. The van der Waals surface area contributed by atoms with Crippen LogP contribution >= 0.6 is 12.6 Å². The van der Waals surface area contributed by atoms with Crippen LogP contribution in [-0.2, 0) is 16.1 Å². The van der Waals surface area contributed by atoms with E-state index in [2.05, 4.69) is 12.6 Å². The van der Waals surface area contributed by atoms with Gasteiger partial charge in [0.1, 0.15) is 5.75 Å². The van der Waals surface area contributed by atoms with Crippen LogP contribution in [-0.4, -0.2) is 32.7 Å². The second-order valence-corrected chi connectivity index (χ2v) is 5.46. The molecule has 0 aliphatic carbocycles. The molecule has 0 radical (unpaired) electrons. The lowest BCUT2D eigenvalue weighted by Gasteiger charge is -2.35. The molecular weight excluding hydrogens is 260 g/mol. The smallest absolute Gasteiger partial charge is 0.119 e. The molecule has 19 heavy (non-hydrogen) atoms. The highest BCUT2D eigenvalue weighted by Gasteiger charge is 2.32. The first-order chi connectivity index (χ1) is 9.28. The van der Waals surface area contributed by atoms with Crippen molar-refractivity contribution in [2.75, 3.05) is 32.7 Å². The molecule has 0 N–H and O–H groups in total. The average Bonchev–Trinajstić information content (AvgIpc) is 2.47. The molecule has 1 heterocycles. The Bertz CT molecular complexity index is 389. The maximum atomic E-state index is 5.97. The zero-order chi connectivity index (χ0) is 13.6. The van der Waals surface area contributed by atoms with Crippen LogP contribution < -0.4 is 4.74 Å². The fourth-order valence-corrected chi connectivity index (χ4v) is 2.69. The lowest BCUT2D eigenvalue weighted by atomic mass is 9.83. The molecule has 1 aliphatic rings. The Hall–Kier alpha value is -0.710. The average molecular weight is 282 g/mol. The maximum Gasteiger partial charge on any atom is 0.119 e. The van der Waals surface area contributed by atoms with Crippen molar-refractivity contribution < 1.29 is 14.2 Å². The van der Waals surface area contributed by atoms with Gasteiger partial charge in [-0.3, -0.25) is 0 Å². The standard InChI is InChI=1S/C15H22O3S/c1-16-10-13-3-2-4-14(9-13)18-11-15(12-19)5-7-17-8-6-15/h2-4,9,19H,5-8,10-12H2,1H3. The largest absolute Gasteiger partial charge is 0.493 e. The molecular formula is C15H22O3S. The van der Waals surface area contributed by atoms with Gasteiger partial charge in [-0.25, -0.2) is 0 Å². The molecule has 1 aliphatic heterocycles. The highest BCUT2D eigenvalue weighted by molar-refractivity contribution is 7.80. The molecule has 0 bridgehead atoms. The van der Waals surface area contributed by atoms with Gasteiger partial charge in [-0.2, -0.15) is 12.6 Å². The molecule has 0 spiro atoms. The van der Waals surface area contributed by atoms with E-state index in [-0.39, 0.29) is 5.41 Å². The molecule has 0 aromatic heterocycles. The molecule has 2 rings (SSSR count). The summed E-state index contributed by atoms with van der Waals surface area (Å²) in [6, 6.07) is 8.07. The second-order valence-electron chi connectivity index (χ2n) is 5.14. The zero-order valence-electron chi connectivity index (χ0n) is 11.4. The van der Waals surface area contributed by atoms with Crippen molar-refractivity contribution in [3.8, 4) is 5.75 Å². The third-order valence-corrected chi connectivity index (χ3v) is 4.31. The minimum absolute atomic E-state index is 0.151. The summed E-state index contributed by atoms with van der Waals surface area (Å²) in [5, 5.41) is 0. The van der Waals surface area contributed by atoms with Gasteiger partial charge in [0.25, 0.3) is 0 Å². The number of thiol groups is 1. The zero-order valence-corrected chi connectivity index (χ0v) is 12.3. The van der Waals surface area contributed by atoms with E-state index in [9.17, 15) is 0 Å². The van der Waals surface area contributed by atoms with E-state index in [1.807, 2.05) is 24.3 Å². The summed E-state index contributed by atoms with van der Waals surface area (Å²) in [6.45, 7) is 2.94. The summed E-state index contributed by atoms with van der Waals surface area (Å²) in [6.07, 6.45) is 2.04. The van der Waals surface area contributed by atoms with Crippen molar-refractivity contribution in [2.24, 2.45) is 5.41 Å². The van der Waals surface area contributed by atoms with Crippen LogP contribution in [0.4, 0.5) is 0 Å². The van der Waals surface area contributed by atoms with Gasteiger partial charge in [-0.1, -0.05) is 12.1 Å². The van der Waals surface area contributed by atoms with Crippen LogP contribution in [0.25, 0.3) is 0 Å². The predicted molar refractivity (Wildman–Crippen MR) is 79.0 cm³/mol. The number of methoxy groups -OCH3 is 1. The van der Waals surface area contributed by atoms with Gasteiger partial charge in [0.05, 0.1) is 13.2 Å². The van der Waals surface area contributed by atoms with Crippen LogP contribution in [0.3, 0.4) is 0 Å². The Kier molecular flexibility index (Phi) is 5.55. The quantitative estimate of drug-likeness (QED) is 0.813. The van der Waals surface area contributed by atoms with E-state index in [1.54, 1.807) is 7.11 Å². The van der Waals surface area contributed by atoms with Crippen molar-refractivity contribution >= 4 is 12.6 Å². The van der Waals surface area contributed by atoms with Gasteiger partial charge in [-0.05, 0) is 36.3 Å². The highest BCUT2D eigenvalue weighted by atomic mass is 32.1. The number of hydrogen-bond donors (Lipinski definition) is 1. The van der Waals surface area contributed by atoms with Gasteiger partial charge < -0.3 is 14.2 Å². The minimum atomic E-state index is 0.151. The van der Waals surface area contributed by atoms with Crippen LogP contribution in [0.5, 0.6) is 5.75 Å². The lowest BCUT2D eigenvalue weighted by Crippen LogP contribution is -2.36. The molecule has 0 unspecified atom stereocenters. The summed E-state index contributed by atoms with van der Waals surface area (Å²) in [4.78, 5) is 0. The minimum Gasteiger partial charge on any atom is -0.493 e. The molecule has 0 amide bonds. The normalized spacial score (nSPS) is 18.2. The van der Waals surface area contributed by atoms with Crippen molar-refractivity contribution in [3.63, 3.8) is 0 Å². The third-order valence-electron chi connectivity index (χ3n) is 3.64. The lowest BCUT2D eigenvalue weighted by molar-refractivity contribution is 0.00307. The molecule has 4 heteroatoms. The van der Waals surface area contributed by atoms with E-state index in [1.165, 1.54) is 0 Å². The Morgan fingerprint density at radius 1 is 1.32 bits per heavy atom. The fraction of sp³-hybridized carbons (Fsp3) is 0.600. The summed E-state index contributed by atoms with van der Waals surface area (Å²) >= 11 is 4.49. The van der Waals surface area contributed by atoms with E-state index >= 15 is 0 Å². The summed E-state index contributed by atoms with van der Waals surface area (Å²) in [5.41, 5.74) is 1.28. The van der Waals surface area contributed by atoms with Crippen LogP contribution in [0, 0.1) is 5.41 Å².